The topological polar surface area (TPSA) is 69.9 Å². The van der Waals surface area contributed by atoms with Crippen molar-refractivity contribution in [2.45, 2.75) is 13.5 Å². The third-order valence-corrected chi connectivity index (χ3v) is 3.89. The Hall–Kier alpha value is -2.67. The molecule has 0 aliphatic rings. The molecular weight excluding hydrogens is 388 g/mol. The number of rotatable bonds is 5. The van der Waals surface area contributed by atoms with Gasteiger partial charge in [0.1, 0.15) is 18.0 Å². The van der Waals surface area contributed by atoms with Crippen molar-refractivity contribution in [3.8, 4) is 5.75 Å². The third-order valence-electron chi connectivity index (χ3n) is 3.39. The predicted molar refractivity (Wildman–Crippen MR) is 95.6 cm³/mol. The van der Waals surface area contributed by atoms with Crippen molar-refractivity contribution in [2.24, 2.45) is 0 Å². The Morgan fingerprint density at radius 1 is 1.24 bits per heavy atom. The zero-order valence-electron chi connectivity index (χ0n) is 13.4. The SMILES string of the molecule is Cc1ccc2nc(COC(=O)COc3cccc(Br)c3)cc(=O)n2c1. The van der Waals surface area contributed by atoms with Crippen LogP contribution in [0.1, 0.15) is 11.3 Å². The molecule has 1 aromatic carbocycles. The predicted octanol–water partition coefficient (Wildman–Crippen LogP) is 2.89. The van der Waals surface area contributed by atoms with Crippen LogP contribution >= 0.6 is 15.9 Å². The Kier molecular flexibility index (Phi) is 5.14. The number of carbonyl (C=O) groups excluding carboxylic acids is 1. The number of aryl methyl sites for hydroxylation is 1. The molecule has 0 saturated carbocycles. The van der Waals surface area contributed by atoms with Crippen LogP contribution in [0, 0.1) is 6.92 Å². The van der Waals surface area contributed by atoms with Crippen molar-refractivity contribution in [1.29, 1.82) is 0 Å². The molecule has 0 atom stereocenters. The first-order valence-corrected chi connectivity index (χ1v) is 8.33. The smallest absolute Gasteiger partial charge is 0.344 e. The summed E-state index contributed by atoms with van der Waals surface area (Å²) in [7, 11) is 0. The van der Waals surface area contributed by atoms with Crippen LogP contribution < -0.4 is 10.3 Å². The van der Waals surface area contributed by atoms with Gasteiger partial charge in [-0.3, -0.25) is 9.20 Å². The van der Waals surface area contributed by atoms with Crippen LogP contribution in [-0.2, 0) is 16.1 Å². The van der Waals surface area contributed by atoms with Gasteiger partial charge < -0.3 is 9.47 Å². The number of nitrogens with zero attached hydrogens (tertiary/aromatic N) is 2. The lowest BCUT2D eigenvalue weighted by atomic mass is 10.3. The molecule has 0 N–H and O–H groups in total. The molecule has 0 saturated heterocycles. The van der Waals surface area contributed by atoms with Gasteiger partial charge in [-0.2, -0.15) is 0 Å². The Morgan fingerprint density at radius 2 is 2.08 bits per heavy atom. The molecule has 0 aliphatic carbocycles. The van der Waals surface area contributed by atoms with E-state index >= 15 is 0 Å². The maximum absolute atomic E-state index is 12.1. The highest BCUT2D eigenvalue weighted by Gasteiger charge is 2.08. The quantitative estimate of drug-likeness (QED) is 0.613. The normalized spacial score (nSPS) is 10.6. The second kappa shape index (κ2) is 7.48. The Labute approximate surface area is 152 Å². The molecular formula is C18H15BrN2O4. The molecule has 7 heteroatoms. The van der Waals surface area contributed by atoms with E-state index in [9.17, 15) is 9.59 Å². The van der Waals surface area contributed by atoms with E-state index < -0.39 is 5.97 Å². The molecule has 0 bridgehead atoms. The second-order valence-electron chi connectivity index (χ2n) is 5.43. The average molecular weight is 403 g/mol. The van der Waals surface area contributed by atoms with Gasteiger partial charge in [0.2, 0.25) is 0 Å². The summed E-state index contributed by atoms with van der Waals surface area (Å²) in [5, 5.41) is 0. The summed E-state index contributed by atoms with van der Waals surface area (Å²) in [6, 6.07) is 12.1. The number of carbonyl (C=O) groups is 1. The number of pyridine rings is 1. The molecule has 0 fully saturated rings. The lowest BCUT2D eigenvalue weighted by Crippen LogP contribution is -2.18. The zero-order valence-corrected chi connectivity index (χ0v) is 15.0. The molecule has 3 rings (SSSR count). The molecule has 2 aromatic heterocycles. The Bertz CT molecular complexity index is 984. The lowest BCUT2D eigenvalue weighted by Gasteiger charge is -2.08. The molecule has 0 unspecified atom stereocenters. The zero-order chi connectivity index (χ0) is 17.8. The van der Waals surface area contributed by atoms with Gasteiger partial charge in [0.15, 0.2) is 6.61 Å². The van der Waals surface area contributed by atoms with Gasteiger partial charge in [-0.25, -0.2) is 9.78 Å². The van der Waals surface area contributed by atoms with E-state index in [-0.39, 0.29) is 18.8 Å². The summed E-state index contributed by atoms with van der Waals surface area (Å²) in [5.41, 5.74) is 1.64. The Balaban J connectivity index is 1.61. The van der Waals surface area contributed by atoms with Gasteiger partial charge in [-0.1, -0.05) is 28.1 Å². The number of aromatic nitrogens is 2. The largest absolute Gasteiger partial charge is 0.482 e. The number of fused-ring (bicyclic) bond motifs is 1. The van der Waals surface area contributed by atoms with E-state index in [1.807, 2.05) is 19.1 Å². The second-order valence-corrected chi connectivity index (χ2v) is 6.34. The minimum atomic E-state index is -0.536. The van der Waals surface area contributed by atoms with E-state index in [2.05, 4.69) is 20.9 Å². The number of ether oxygens (including phenoxy) is 2. The summed E-state index contributed by atoms with van der Waals surface area (Å²) >= 11 is 3.33. The molecule has 0 spiro atoms. The van der Waals surface area contributed by atoms with Crippen molar-refractivity contribution in [1.82, 2.24) is 9.38 Å². The van der Waals surface area contributed by atoms with Gasteiger partial charge in [0.25, 0.3) is 5.56 Å². The number of hydrogen-bond acceptors (Lipinski definition) is 5. The van der Waals surface area contributed by atoms with Crippen LogP contribution in [0.5, 0.6) is 5.75 Å². The van der Waals surface area contributed by atoms with E-state index in [0.717, 1.165) is 10.0 Å². The first-order valence-electron chi connectivity index (χ1n) is 7.54. The molecule has 6 nitrogen and oxygen atoms in total. The highest BCUT2D eigenvalue weighted by atomic mass is 79.9. The number of esters is 1. The maximum atomic E-state index is 12.1. The fourth-order valence-electron chi connectivity index (χ4n) is 2.23. The standard InChI is InChI=1S/C18H15BrN2O4/c1-12-5-6-16-20-14(8-17(22)21(16)9-12)10-25-18(23)11-24-15-4-2-3-13(19)7-15/h2-9H,10-11H2,1H3. The molecule has 25 heavy (non-hydrogen) atoms. The van der Waals surface area contributed by atoms with E-state index in [1.54, 1.807) is 30.5 Å². The summed E-state index contributed by atoms with van der Waals surface area (Å²) in [4.78, 5) is 28.2. The van der Waals surface area contributed by atoms with E-state index in [1.165, 1.54) is 10.5 Å². The number of hydrogen-bond donors (Lipinski definition) is 0. The maximum Gasteiger partial charge on any atom is 0.344 e. The van der Waals surface area contributed by atoms with Crippen LogP contribution in [0.3, 0.4) is 0 Å². The summed E-state index contributed by atoms with van der Waals surface area (Å²) in [5.74, 6) is 0.0228. The highest BCUT2D eigenvalue weighted by molar-refractivity contribution is 9.10. The van der Waals surface area contributed by atoms with Crippen molar-refractivity contribution in [3.63, 3.8) is 0 Å². The van der Waals surface area contributed by atoms with Crippen LogP contribution in [0.4, 0.5) is 0 Å². The van der Waals surface area contributed by atoms with Crippen molar-refractivity contribution in [2.75, 3.05) is 6.61 Å². The van der Waals surface area contributed by atoms with Crippen molar-refractivity contribution < 1.29 is 14.3 Å². The first kappa shape index (κ1) is 17.2. The highest BCUT2D eigenvalue weighted by Crippen LogP contribution is 2.17. The average Bonchev–Trinajstić information content (AvgIpc) is 2.59. The summed E-state index contributed by atoms with van der Waals surface area (Å²) < 4.78 is 12.8. The van der Waals surface area contributed by atoms with Crippen molar-refractivity contribution in [3.05, 3.63) is 74.7 Å². The van der Waals surface area contributed by atoms with Crippen LogP contribution in [-0.4, -0.2) is 22.0 Å². The third kappa shape index (κ3) is 4.45. The summed E-state index contributed by atoms with van der Waals surface area (Å²) in [6.07, 6.45) is 1.71. The van der Waals surface area contributed by atoms with E-state index in [4.69, 9.17) is 9.47 Å². The fourth-order valence-corrected chi connectivity index (χ4v) is 2.61. The minimum Gasteiger partial charge on any atom is -0.482 e. The fraction of sp³-hybridized carbons (Fsp3) is 0.167. The molecule has 0 amide bonds. The van der Waals surface area contributed by atoms with Gasteiger partial charge in [0.05, 0.1) is 5.69 Å². The monoisotopic (exact) mass is 402 g/mol. The lowest BCUT2D eigenvalue weighted by molar-refractivity contribution is -0.147. The minimum absolute atomic E-state index is 0.0830. The van der Waals surface area contributed by atoms with Crippen LogP contribution in [0.25, 0.3) is 5.65 Å². The molecule has 0 radical (unpaired) electrons. The van der Waals surface area contributed by atoms with Gasteiger partial charge in [0, 0.05) is 16.7 Å². The molecule has 3 aromatic rings. The van der Waals surface area contributed by atoms with Gasteiger partial charge >= 0.3 is 5.97 Å². The molecule has 0 aliphatic heterocycles. The van der Waals surface area contributed by atoms with Crippen LogP contribution in [0.2, 0.25) is 0 Å². The molecule has 2 heterocycles. The van der Waals surface area contributed by atoms with Crippen molar-refractivity contribution >= 4 is 27.5 Å². The number of benzene rings is 1. The van der Waals surface area contributed by atoms with Gasteiger partial charge in [-0.15, -0.1) is 0 Å². The Morgan fingerprint density at radius 3 is 2.88 bits per heavy atom. The van der Waals surface area contributed by atoms with E-state index in [0.29, 0.717) is 17.1 Å². The van der Waals surface area contributed by atoms with Crippen LogP contribution in [0.15, 0.2) is 57.9 Å². The van der Waals surface area contributed by atoms with Gasteiger partial charge in [-0.05, 0) is 36.8 Å². The molecule has 128 valence electrons. The summed E-state index contributed by atoms with van der Waals surface area (Å²) in [6.45, 7) is 1.59. The number of halogens is 1. The first-order chi connectivity index (χ1) is 12.0.